The third-order valence-electron chi connectivity index (χ3n) is 4.47. The van der Waals surface area contributed by atoms with Crippen LogP contribution < -0.4 is 10.1 Å². The maximum atomic E-state index is 10.4. The lowest BCUT2D eigenvalue weighted by Gasteiger charge is -2.19. The number of ether oxygens (including phenoxy) is 1. The van der Waals surface area contributed by atoms with E-state index in [9.17, 15) is 5.11 Å². The molecule has 6 heteroatoms. The highest BCUT2D eigenvalue weighted by atomic mass is 16.5. The maximum Gasteiger partial charge on any atom is 0.155 e. The van der Waals surface area contributed by atoms with Crippen LogP contribution in [0.3, 0.4) is 0 Å². The fraction of sp³-hybridized carbons (Fsp3) is 0.368. The summed E-state index contributed by atoms with van der Waals surface area (Å²) in [5.74, 6) is 0.779. The molecule has 2 atom stereocenters. The number of hydrogen-bond donors (Lipinski definition) is 2. The van der Waals surface area contributed by atoms with Gasteiger partial charge in [0, 0.05) is 36.1 Å². The Hall–Kier alpha value is -2.44. The van der Waals surface area contributed by atoms with Gasteiger partial charge in [0.2, 0.25) is 0 Å². The lowest BCUT2D eigenvalue weighted by Crippen LogP contribution is -2.26. The minimum absolute atomic E-state index is 0.0503. The Labute approximate surface area is 147 Å². The summed E-state index contributed by atoms with van der Waals surface area (Å²) in [5, 5.41) is 18.2. The van der Waals surface area contributed by atoms with Crippen molar-refractivity contribution in [2.45, 2.75) is 32.9 Å². The van der Waals surface area contributed by atoms with Crippen molar-refractivity contribution in [3.8, 4) is 5.75 Å². The van der Waals surface area contributed by atoms with E-state index in [4.69, 9.17) is 4.74 Å². The van der Waals surface area contributed by atoms with Gasteiger partial charge in [-0.05, 0) is 38.5 Å². The number of nitrogens with zero attached hydrogens (tertiary/aromatic N) is 3. The molecule has 25 heavy (non-hydrogen) atoms. The Morgan fingerprint density at radius 2 is 1.96 bits per heavy atom. The van der Waals surface area contributed by atoms with Gasteiger partial charge < -0.3 is 15.2 Å². The Balaban J connectivity index is 1.69. The average Bonchev–Trinajstić information content (AvgIpc) is 3.01. The molecular weight excluding hydrogens is 316 g/mol. The first-order chi connectivity index (χ1) is 12.0. The van der Waals surface area contributed by atoms with Crippen LogP contribution in [-0.2, 0) is 0 Å². The summed E-state index contributed by atoms with van der Waals surface area (Å²) in [6, 6.07) is 9.47. The van der Waals surface area contributed by atoms with Gasteiger partial charge in [0.15, 0.2) is 5.65 Å². The van der Waals surface area contributed by atoms with Crippen LogP contribution in [-0.4, -0.2) is 33.4 Å². The van der Waals surface area contributed by atoms with Gasteiger partial charge >= 0.3 is 0 Å². The number of aromatic nitrogens is 3. The Morgan fingerprint density at radius 1 is 1.24 bits per heavy atom. The molecule has 3 rings (SSSR count). The molecule has 0 aliphatic rings. The van der Waals surface area contributed by atoms with E-state index in [0.29, 0.717) is 6.54 Å². The second kappa shape index (κ2) is 7.21. The van der Waals surface area contributed by atoms with Crippen molar-refractivity contribution in [2.75, 3.05) is 13.7 Å². The highest BCUT2D eigenvalue weighted by Crippen LogP contribution is 2.20. The molecule has 0 saturated carbocycles. The topological polar surface area (TPSA) is 71.7 Å². The Kier molecular flexibility index (Phi) is 5.01. The molecule has 0 saturated heterocycles. The Morgan fingerprint density at radius 3 is 2.64 bits per heavy atom. The van der Waals surface area contributed by atoms with E-state index < -0.39 is 6.10 Å². The average molecular weight is 340 g/mol. The SMILES string of the molecule is COc1ccc(C(O)CNC(C)c2cnc3cc(C)nn3c2C)cc1. The van der Waals surface area contributed by atoms with E-state index >= 15 is 0 Å². The largest absolute Gasteiger partial charge is 0.497 e. The van der Waals surface area contributed by atoms with Gasteiger partial charge in [-0.25, -0.2) is 9.50 Å². The number of nitrogens with one attached hydrogen (secondary N) is 1. The van der Waals surface area contributed by atoms with Crippen LogP contribution in [0.2, 0.25) is 0 Å². The lowest BCUT2D eigenvalue weighted by atomic mass is 10.1. The number of aliphatic hydroxyl groups is 1. The number of hydrogen-bond acceptors (Lipinski definition) is 5. The van der Waals surface area contributed by atoms with Gasteiger partial charge in [0.1, 0.15) is 5.75 Å². The highest BCUT2D eigenvalue weighted by molar-refractivity contribution is 5.42. The van der Waals surface area contributed by atoms with Crippen molar-refractivity contribution in [3.05, 3.63) is 59.0 Å². The fourth-order valence-electron chi connectivity index (χ4n) is 2.94. The molecule has 2 aromatic heterocycles. The van der Waals surface area contributed by atoms with Gasteiger partial charge in [0.05, 0.1) is 18.9 Å². The highest BCUT2D eigenvalue weighted by Gasteiger charge is 2.15. The van der Waals surface area contributed by atoms with Crippen molar-refractivity contribution >= 4 is 5.65 Å². The molecule has 0 aliphatic carbocycles. The zero-order chi connectivity index (χ0) is 18.0. The summed E-state index contributed by atoms with van der Waals surface area (Å²) in [4.78, 5) is 4.47. The molecular formula is C19H24N4O2. The molecule has 0 bridgehead atoms. The summed E-state index contributed by atoms with van der Waals surface area (Å²) in [6.45, 7) is 6.51. The van der Waals surface area contributed by atoms with Gasteiger partial charge in [-0.3, -0.25) is 0 Å². The summed E-state index contributed by atoms with van der Waals surface area (Å²) >= 11 is 0. The van der Waals surface area contributed by atoms with E-state index in [0.717, 1.165) is 33.9 Å². The molecule has 0 fully saturated rings. The van der Waals surface area contributed by atoms with Gasteiger partial charge in [-0.2, -0.15) is 5.10 Å². The molecule has 0 radical (unpaired) electrons. The fourth-order valence-corrected chi connectivity index (χ4v) is 2.94. The number of aryl methyl sites for hydroxylation is 2. The van der Waals surface area contributed by atoms with E-state index in [1.165, 1.54) is 0 Å². The van der Waals surface area contributed by atoms with E-state index in [1.807, 2.05) is 54.9 Å². The standard InChI is InChI=1S/C19H24N4O2/c1-12-9-19-21-10-17(14(3)23(19)22-12)13(2)20-11-18(24)15-5-7-16(25-4)8-6-15/h5-10,13,18,20,24H,11H2,1-4H3. The second-order valence-electron chi connectivity index (χ2n) is 6.27. The number of rotatable bonds is 6. The minimum Gasteiger partial charge on any atom is -0.497 e. The number of aliphatic hydroxyl groups excluding tert-OH is 1. The molecule has 3 aromatic rings. The number of benzene rings is 1. The zero-order valence-corrected chi connectivity index (χ0v) is 15.0. The quantitative estimate of drug-likeness (QED) is 0.722. The third-order valence-corrected chi connectivity index (χ3v) is 4.47. The van der Waals surface area contributed by atoms with Gasteiger partial charge in [0.25, 0.3) is 0 Å². The smallest absolute Gasteiger partial charge is 0.155 e. The van der Waals surface area contributed by atoms with Crippen LogP contribution in [0.4, 0.5) is 0 Å². The molecule has 0 amide bonds. The first-order valence-electron chi connectivity index (χ1n) is 8.37. The summed E-state index contributed by atoms with van der Waals surface area (Å²) in [5.41, 5.74) is 4.77. The Bertz CT molecular complexity index is 858. The van der Waals surface area contributed by atoms with E-state index in [1.54, 1.807) is 7.11 Å². The summed E-state index contributed by atoms with van der Waals surface area (Å²) < 4.78 is 7.01. The summed E-state index contributed by atoms with van der Waals surface area (Å²) in [7, 11) is 1.63. The molecule has 2 heterocycles. The zero-order valence-electron chi connectivity index (χ0n) is 15.0. The van der Waals surface area contributed by atoms with Crippen LogP contribution in [0, 0.1) is 13.8 Å². The summed E-state index contributed by atoms with van der Waals surface area (Å²) in [6.07, 6.45) is 1.29. The van der Waals surface area contributed by atoms with Gasteiger partial charge in [-0.1, -0.05) is 12.1 Å². The molecule has 0 spiro atoms. The van der Waals surface area contributed by atoms with Crippen molar-refractivity contribution in [3.63, 3.8) is 0 Å². The third kappa shape index (κ3) is 3.65. The van der Waals surface area contributed by atoms with Crippen molar-refractivity contribution in [1.82, 2.24) is 19.9 Å². The second-order valence-corrected chi connectivity index (χ2v) is 6.27. The predicted octanol–water partition coefficient (Wildman–Crippen LogP) is 2.74. The van der Waals surface area contributed by atoms with Crippen LogP contribution >= 0.6 is 0 Å². The number of fused-ring (bicyclic) bond motifs is 1. The van der Waals surface area contributed by atoms with Gasteiger partial charge in [-0.15, -0.1) is 0 Å². The van der Waals surface area contributed by atoms with Crippen LogP contribution in [0.5, 0.6) is 5.75 Å². The van der Waals surface area contributed by atoms with Crippen molar-refractivity contribution in [2.24, 2.45) is 0 Å². The van der Waals surface area contributed by atoms with Crippen molar-refractivity contribution in [1.29, 1.82) is 0 Å². The predicted molar refractivity (Wildman–Crippen MR) is 96.8 cm³/mol. The van der Waals surface area contributed by atoms with Crippen LogP contribution in [0.25, 0.3) is 5.65 Å². The molecule has 2 unspecified atom stereocenters. The van der Waals surface area contributed by atoms with E-state index in [-0.39, 0.29) is 6.04 Å². The molecule has 1 aromatic carbocycles. The maximum absolute atomic E-state index is 10.4. The molecule has 0 aliphatic heterocycles. The van der Waals surface area contributed by atoms with Crippen LogP contribution in [0.15, 0.2) is 36.5 Å². The van der Waals surface area contributed by atoms with Crippen LogP contribution in [0.1, 0.15) is 41.6 Å². The normalized spacial score (nSPS) is 13.8. The first kappa shape index (κ1) is 17.4. The molecule has 132 valence electrons. The first-order valence-corrected chi connectivity index (χ1v) is 8.37. The monoisotopic (exact) mass is 340 g/mol. The van der Waals surface area contributed by atoms with E-state index in [2.05, 4.69) is 22.3 Å². The van der Waals surface area contributed by atoms with Crippen molar-refractivity contribution < 1.29 is 9.84 Å². The molecule has 2 N–H and O–H groups in total. The molecule has 6 nitrogen and oxygen atoms in total. The minimum atomic E-state index is -0.586. The number of methoxy groups -OCH3 is 1. The lowest BCUT2D eigenvalue weighted by molar-refractivity contribution is 0.170.